The van der Waals surface area contributed by atoms with Gasteiger partial charge >= 0.3 is 5.13 Å². The number of benzene rings is 1. The lowest BCUT2D eigenvalue weighted by Crippen LogP contribution is -2.07. The van der Waals surface area contributed by atoms with Crippen LogP contribution < -0.4 is 10.7 Å². The molecule has 2 nitrogen and oxygen atoms in total. The maximum atomic E-state index is 5.68. The monoisotopic (exact) mass is 219 g/mol. The van der Waals surface area contributed by atoms with Gasteiger partial charge in [0.25, 0.3) is 0 Å². The SMILES string of the molecule is Cc1cc(-c2csc(N)[nH+]2)cc(C)c1C. The minimum absolute atomic E-state index is 0.751. The highest BCUT2D eigenvalue weighted by Gasteiger charge is 2.08. The predicted octanol–water partition coefficient (Wildman–Crippen LogP) is 2.74. The van der Waals surface area contributed by atoms with Crippen LogP contribution in [-0.4, -0.2) is 0 Å². The number of H-pyrrole nitrogens is 1. The van der Waals surface area contributed by atoms with E-state index in [1.807, 2.05) is 0 Å². The molecule has 15 heavy (non-hydrogen) atoms. The van der Waals surface area contributed by atoms with Crippen LogP contribution in [0.25, 0.3) is 11.3 Å². The molecule has 0 aliphatic heterocycles. The third-order valence-electron chi connectivity index (χ3n) is 2.80. The van der Waals surface area contributed by atoms with Crippen molar-refractivity contribution in [3.63, 3.8) is 0 Å². The van der Waals surface area contributed by atoms with E-state index in [1.165, 1.54) is 33.6 Å². The number of aromatic amines is 1. The number of aromatic nitrogens is 1. The molecule has 2 aromatic rings. The van der Waals surface area contributed by atoms with Crippen LogP contribution in [0.1, 0.15) is 16.7 Å². The summed E-state index contributed by atoms with van der Waals surface area (Å²) >= 11 is 1.54. The molecular formula is C12H15N2S+. The summed E-state index contributed by atoms with van der Waals surface area (Å²) in [7, 11) is 0. The highest BCUT2D eigenvalue weighted by atomic mass is 32.1. The van der Waals surface area contributed by atoms with E-state index in [4.69, 9.17) is 5.73 Å². The molecule has 0 spiro atoms. The zero-order valence-electron chi connectivity index (χ0n) is 9.22. The van der Waals surface area contributed by atoms with Crippen molar-refractivity contribution >= 4 is 16.5 Å². The van der Waals surface area contributed by atoms with Gasteiger partial charge in [-0.05, 0) is 49.6 Å². The van der Waals surface area contributed by atoms with Crippen LogP contribution in [0.3, 0.4) is 0 Å². The van der Waals surface area contributed by atoms with Crippen molar-refractivity contribution < 1.29 is 4.98 Å². The molecule has 0 saturated carbocycles. The molecule has 2 rings (SSSR count). The van der Waals surface area contributed by atoms with Gasteiger partial charge in [-0.15, -0.1) is 0 Å². The van der Waals surface area contributed by atoms with Crippen molar-refractivity contribution in [1.29, 1.82) is 0 Å². The van der Waals surface area contributed by atoms with Gasteiger partial charge in [0.05, 0.1) is 0 Å². The first-order valence-electron chi connectivity index (χ1n) is 4.92. The van der Waals surface area contributed by atoms with E-state index in [-0.39, 0.29) is 0 Å². The average Bonchev–Trinajstić information content (AvgIpc) is 2.60. The molecule has 78 valence electrons. The molecule has 0 aliphatic rings. The van der Waals surface area contributed by atoms with Crippen molar-refractivity contribution in [1.82, 2.24) is 0 Å². The molecule has 0 saturated heterocycles. The van der Waals surface area contributed by atoms with Gasteiger partial charge in [-0.2, -0.15) is 0 Å². The normalized spacial score (nSPS) is 10.6. The van der Waals surface area contributed by atoms with Crippen LogP contribution in [0.5, 0.6) is 0 Å². The van der Waals surface area contributed by atoms with Crippen LogP contribution in [0.4, 0.5) is 5.13 Å². The second-order valence-electron chi connectivity index (χ2n) is 3.87. The number of nitrogens with one attached hydrogen (secondary N) is 1. The molecule has 1 aromatic heterocycles. The van der Waals surface area contributed by atoms with Crippen molar-refractivity contribution in [2.24, 2.45) is 0 Å². The summed E-state index contributed by atoms with van der Waals surface area (Å²) < 4.78 is 0. The molecule has 0 fully saturated rings. The van der Waals surface area contributed by atoms with Gasteiger partial charge in [0, 0.05) is 10.9 Å². The molecule has 3 heteroatoms. The topological polar surface area (TPSA) is 40.2 Å². The summed E-state index contributed by atoms with van der Waals surface area (Å²) in [4.78, 5) is 3.16. The Balaban J connectivity index is 2.55. The Labute approximate surface area is 93.8 Å². The largest absolute Gasteiger partial charge is 0.329 e. The number of anilines is 1. The van der Waals surface area contributed by atoms with E-state index in [0.717, 1.165) is 10.8 Å². The number of hydrogen-bond donors (Lipinski definition) is 1. The summed E-state index contributed by atoms with van der Waals surface area (Å²) in [5.74, 6) is 0. The standard InChI is InChI=1S/C12H14N2S/c1-7-4-10(5-8(2)9(7)3)11-6-15-12(13)14-11/h4-6H,1-3H3,(H2,13,14)/p+1. The van der Waals surface area contributed by atoms with Gasteiger partial charge in [0.15, 0.2) is 0 Å². The second-order valence-corrected chi connectivity index (χ2v) is 4.78. The highest BCUT2D eigenvalue weighted by Crippen LogP contribution is 2.24. The van der Waals surface area contributed by atoms with E-state index in [0.29, 0.717) is 0 Å². The fraction of sp³-hybridized carbons (Fsp3) is 0.250. The lowest BCUT2D eigenvalue weighted by Gasteiger charge is -2.06. The van der Waals surface area contributed by atoms with Crippen molar-refractivity contribution in [3.05, 3.63) is 34.2 Å². The van der Waals surface area contributed by atoms with Crippen LogP contribution in [-0.2, 0) is 0 Å². The van der Waals surface area contributed by atoms with Crippen LogP contribution in [0.2, 0.25) is 0 Å². The number of nitrogen functional groups attached to an aromatic ring is 1. The highest BCUT2D eigenvalue weighted by molar-refractivity contribution is 7.13. The Hall–Kier alpha value is -1.35. The summed E-state index contributed by atoms with van der Waals surface area (Å²) in [6.07, 6.45) is 0. The third-order valence-corrected chi connectivity index (χ3v) is 3.51. The van der Waals surface area contributed by atoms with Crippen molar-refractivity contribution in [2.45, 2.75) is 20.8 Å². The fourth-order valence-corrected chi connectivity index (χ4v) is 2.25. The van der Waals surface area contributed by atoms with E-state index < -0.39 is 0 Å². The third kappa shape index (κ3) is 1.88. The van der Waals surface area contributed by atoms with E-state index in [1.54, 1.807) is 0 Å². The predicted molar refractivity (Wildman–Crippen MR) is 64.9 cm³/mol. The molecule has 0 radical (unpaired) electrons. The van der Waals surface area contributed by atoms with Gasteiger partial charge in [0.1, 0.15) is 5.69 Å². The minimum atomic E-state index is 0.751. The smallest absolute Gasteiger partial charge is 0.278 e. The Morgan fingerprint density at radius 3 is 2.20 bits per heavy atom. The van der Waals surface area contributed by atoms with Gasteiger partial charge < -0.3 is 0 Å². The first-order valence-corrected chi connectivity index (χ1v) is 5.80. The molecule has 0 aliphatic carbocycles. The Morgan fingerprint density at radius 1 is 1.13 bits per heavy atom. The minimum Gasteiger partial charge on any atom is -0.278 e. The molecule has 0 amide bonds. The van der Waals surface area contributed by atoms with Crippen molar-refractivity contribution in [3.8, 4) is 11.3 Å². The lowest BCUT2D eigenvalue weighted by atomic mass is 9.99. The number of rotatable bonds is 1. The van der Waals surface area contributed by atoms with Crippen LogP contribution >= 0.6 is 11.3 Å². The van der Waals surface area contributed by atoms with E-state index in [2.05, 4.69) is 43.3 Å². The molecule has 1 heterocycles. The number of aryl methyl sites for hydroxylation is 2. The fourth-order valence-electron chi connectivity index (χ4n) is 1.65. The summed E-state index contributed by atoms with van der Waals surface area (Å²) in [5.41, 5.74) is 12.0. The summed E-state index contributed by atoms with van der Waals surface area (Å²) in [5, 5.41) is 2.81. The molecule has 3 N–H and O–H groups in total. The summed E-state index contributed by atoms with van der Waals surface area (Å²) in [6, 6.07) is 4.39. The average molecular weight is 219 g/mol. The van der Waals surface area contributed by atoms with Gasteiger partial charge in [-0.3, -0.25) is 5.73 Å². The number of nitrogens with two attached hydrogens (primary N) is 1. The maximum Gasteiger partial charge on any atom is 0.329 e. The molecule has 0 bridgehead atoms. The Bertz CT molecular complexity index is 477. The van der Waals surface area contributed by atoms with Crippen molar-refractivity contribution in [2.75, 3.05) is 5.73 Å². The van der Waals surface area contributed by atoms with E-state index >= 15 is 0 Å². The van der Waals surface area contributed by atoms with Gasteiger partial charge in [0.2, 0.25) is 0 Å². The molecule has 0 unspecified atom stereocenters. The Morgan fingerprint density at radius 2 is 1.73 bits per heavy atom. The maximum absolute atomic E-state index is 5.68. The van der Waals surface area contributed by atoms with Crippen LogP contribution in [0, 0.1) is 20.8 Å². The summed E-state index contributed by atoms with van der Waals surface area (Å²) in [6.45, 7) is 6.43. The molecular weight excluding hydrogens is 204 g/mol. The van der Waals surface area contributed by atoms with Gasteiger partial charge in [-0.25, -0.2) is 4.98 Å². The molecule has 0 atom stereocenters. The quantitative estimate of drug-likeness (QED) is 0.787. The van der Waals surface area contributed by atoms with Gasteiger partial charge in [-0.1, -0.05) is 11.3 Å². The zero-order chi connectivity index (χ0) is 11.0. The second kappa shape index (κ2) is 3.66. The number of thiazole rings is 1. The number of hydrogen-bond acceptors (Lipinski definition) is 2. The van der Waals surface area contributed by atoms with Crippen LogP contribution in [0.15, 0.2) is 17.5 Å². The molecule has 1 aromatic carbocycles. The first-order chi connectivity index (χ1) is 7.08. The van der Waals surface area contributed by atoms with E-state index in [9.17, 15) is 0 Å². The Kier molecular flexibility index (Phi) is 2.49. The first kappa shape index (κ1) is 10.2. The lowest BCUT2D eigenvalue weighted by molar-refractivity contribution is -0.340. The zero-order valence-corrected chi connectivity index (χ0v) is 10.0.